The highest BCUT2D eigenvalue weighted by Gasteiger charge is 2.10. The van der Waals surface area contributed by atoms with Gasteiger partial charge in [-0.05, 0) is 42.5 Å². The average Bonchev–Trinajstić information content (AvgIpc) is 2.27. The average molecular weight is 307 g/mol. The molecule has 90 valence electrons. The van der Waals surface area contributed by atoms with E-state index in [-0.39, 0.29) is 11.9 Å². The van der Waals surface area contributed by atoms with E-state index in [1.54, 1.807) is 17.8 Å². The Morgan fingerprint density at radius 2 is 2.31 bits per heavy atom. The first-order chi connectivity index (χ1) is 7.67. The van der Waals surface area contributed by atoms with Gasteiger partial charge in [0.15, 0.2) is 0 Å². The van der Waals surface area contributed by atoms with E-state index in [1.807, 2.05) is 12.3 Å². The van der Waals surface area contributed by atoms with Gasteiger partial charge < -0.3 is 0 Å². The van der Waals surface area contributed by atoms with Crippen LogP contribution >= 0.6 is 27.7 Å². The third-order valence-corrected chi connectivity index (χ3v) is 3.52. The van der Waals surface area contributed by atoms with Gasteiger partial charge in [0, 0.05) is 10.5 Å². The largest absolute Gasteiger partial charge is 0.271 e. The number of nitrogens with two attached hydrogens (primary N) is 1. The van der Waals surface area contributed by atoms with Crippen LogP contribution in [0.2, 0.25) is 0 Å². The summed E-state index contributed by atoms with van der Waals surface area (Å²) in [5.74, 6) is 6.29. The van der Waals surface area contributed by atoms with Gasteiger partial charge in [-0.15, -0.1) is 0 Å². The molecule has 1 aromatic carbocycles. The van der Waals surface area contributed by atoms with Gasteiger partial charge >= 0.3 is 0 Å². The van der Waals surface area contributed by atoms with Crippen molar-refractivity contribution in [3.05, 3.63) is 34.1 Å². The van der Waals surface area contributed by atoms with Crippen molar-refractivity contribution in [1.29, 1.82) is 0 Å². The second kappa shape index (κ2) is 7.27. The minimum Gasteiger partial charge on any atom is -0.271 e. The lowest BCUT2D eigenvalue weighted by Crippen LogP contribution is -2.37. The highest BCUT2D eigenvalue weighted by atomic mass is 79.9. The van der Waals surface area contributed by atoms with E-state index in [2.05, 4.69) is 21.4 Å². The topological polar surface area (TPSA) is 38.0 Å². The molecule has 0 saturated carbocycles. The molecule has 0 amide bonds. The highest BCUT2D eigenvalue weighted by molar-refractivity contribution is 9.10. The predicted molar refractivity (Wildman–Crippen MR) is 71.9 cm³/mol. The summed E-state index contributed by atoms with van der Waals surface area (Å²) >= 11 is 5.00. The molecule has 0 bridgehead atoms. The molecule has 0 aliphatic carbocycles. The molecule has 16 heavy (non-hydrogen) atoms. The molecule has 0 spiro atoms. The van der Waals surface area contributed by atoms with E-state index in [0.717, 1.165) is 16.6 Å². The third-order valence-electron chi connectivity index (χ3n) is 2.39. The number of nitrogens with one attached hydrogen (secondary N) is 1. The monoisotopic (exact) mass is 306 g/mol. The van der Waals surface area contributed by atoms with Crippen LogP contribution in [0.15, 0.2) is 22.7 Å². The number of hydrogen-bond acceptors (Lipinski definition) is 3. The van der Waals surface area contributed by atoms with Gasteiger partial charge in [0.2, 0.25) is 0 Å². The van der Waals surface area contributed by atoms with E-state index in [4.69, 9.17) is 5.84 Å². The summed E-state index contributed by atoms with van der Waals surface area (Å²) in [6.45, 7) is 0. The van der Waals surface area contributed by atoms with Crippen molar-refractivity contribution in [2.45, 2.75) is 18.9 Å². The van der Waals surface area contributed by atoms with Crippen molar-refractivity contribution in [2.24, 2.45) is 5.84 Å². The molecule has 1 aromatic rings. The molecule has 0 aromatic heterocycles. The van der Waals surface area contributed by atoms with Crippen molar-refractivity contribution in [3.63, 3.8) is 0 Å². The fourth-order valence-corrected chi connectivity index (χ4v) is 2.31. The molecule has 0 fully saturated rings. The van der Waals surface area contributed by atoms with Crippen LogP contribution in [0.5, 0.6) is 0 Å². The smallest absolute Gasteiger partial charge is 0.127 e. The Labute approximate surface area is 108 Å². The Bertz CT molecular complexity index is 336. The maximum absolute atomic E-state index is 13.6. The molecular formula is C11H16BrFN2S. The molecule has 1 rings (SSSR count). The third kappa shape index (κ3) is 4.41. The maximum atomic E-state index is 13.6. The molecule has 1 atom stereocenters. The van der Waals surface area contributed by atoms with Crippen LogP contribution in [0.3, 0.4) is 0 Å². The van der Waals surface area contributed by atoms with E-state index < -0.39 is 0 Å². The Hall–Kier alpha value is -0.100. The van der Waals surface area contributed by atoms with Gasteiger partial charge in [-0.25, -0.2) is 4.39 Å². The summed E-state index contributed by atoms with van der Waals surface area (Å²) in [7, 11) is 0. The molecule has 5 heteroatoms. The second-order valence-electron chi connectivity index (χ2n) is 3.58. The lowest BCUT2D eigenvalue weighted by molar-refractivity contribution is 0.499. The Morgan fingerprint density at radius 3 is 2.88 bits per heavy atom. The van der Waals surface area contributed by atoms with E-state index in [0.29, 0.717) is 12.0 Å². The van der Waals surface area contributed by atoms with Gasteiger partial charge in [0.05, 0.1) is 0 Å². The fraction of sp³-hybridized carbons (Fsp3) is 0.455. The van der Waals surface area contributed by atoms with Gasteiger partial charge in [-0.1, -0.05) is 22.0 Å². The lowest BCUT2D eigenvalue weighted by Gasteiger charge is -2.15. The number of thioether (sulfide) groups is 1. The molecular weight excluding hydrogens is 291 g/mol. The first-order valence-electron chi connectivity index (χ1n) is 5.06. The summed E-state index contributed by atoms with van der Waals surface area (Å²) in [6.07, 6.45) is 3.61. The van der Waals surface area contributed by atoms with Crippen molar-refractivity contribution in [3.8, 4) is 0 Å². The quantitative estimate of drug-likeness (QED) is 0.627. The minimum absolute atomic E-state index is 0.128. The van der Waals surface area contributed by atoms with Crippen molar-refractivity contribution in [1.82, 2.24) is 5.43 Å². The summed E-state index contributed by atoms with van der Waals surface area (Å²) in [5.41, 5.74) is 3.44. The molecule has 0 radical (unpaired) electrons. The van der Waals surface area contributed by atoms with Crippen LogP contribution in [-0.2, 0) is 6.42 Å². The van der Waals surface area contributed by atoms with Gasteiger partial charge in [-0.2, -0.15) is 11.8 Å². The lowest BCUT2D eigenvalue weighted by atomic mass is 10.0. The zero-order chi connectivity index (χ0) is 12.0. The standard InChI is InChI=1S/C11H16BrFN2S/c1-16-5-4-10(15-14)6-8-2-3-9(12)7-11(8)13/h2-3,7,10,15H,4-6,14H2,1H3. The first-order valence-corrected chi connectivity index (χ1v) is 7.25. The summed E-state index contributed by atoms with van der Waals surface area (Å²) in [5, 5.41) is 0. The van der Waals surface area contributed by atoms with Crippen molar-refractivity contribution in [2.75, 3.05) is 12.0 Å². The second-order valence-corrected chi connectivity index (χ2v) is 5.49. The minimum atomic E-state index is -0.182. The SMILES string of the molecule is CSCCC(Cc1ccc(Br)cc1F)NN. The molecule has 1 unspecified atom stereocenters. The Kier molecular flexibility index (Phi) is 6.34. The zero-order valence-corrected chi connectivity index (χ0v) is 11.6. The maximum Gasteiger partial charge on any atom is 0.127 e. The van der Waals surface area contributed by atoms with Crippen molar-refractivity contribution < 1.29 is 4.39 Å². The van der Waals surface area contributed by atoms with Crippen LogP contribution in [0.1, 0.15) is 12.0 Å². The fourth-order valence-electron chi connectivity index (χ4n) is 1.46. The molecule has 3 N–H and O–H groups in total. The number of hydrogen-bond donors (Lipinski definition) is 2. The first kappa shape index (κ1) is 14.0. The van der Waals surface area contributed by atoms with Crippen LogP contribution in [0.4, 0.5) is 4.39 Å². The normalized spacial score (nSPS) is 12.8. The Morgan fingerprint density at radius 1 is 1.56 bits per heavy atom. The number of benzene rings is 1. The molecule has 0 heterocycles. The van der Waals surface area contributed by atoms with Gasteiger partial charge in [0.25, 0.3) is 0 Å². The van der Waals surface area contributed by atoms with Crippen LogP contribution < -0.4 is 11.3 Å². The van der Waals surface area contributed by atoms with Gasteiger partial charge in [-0.3, -0.25) is 11.3 Å². The molecule has 2 nitrogen and oxygen atoms in total. The van der Waals surface area contributed by atoms with Gasteiger partial charge in [0.1, 0.15) is 5.82 Å². The van der Waals surface area contributed by atoms with Crippen molar-refractivity contribution >= 4 is 27.7 Å². The van der Waals surface area contributed by atoms with E-state index in [9.17, 15) is 4.39 Å². The Balaban J connectivity index is 2.62. The predicted octanol–water partition coefficient (Wildman–Crippen LogP) is 2.72. The van der Waals surface area contributed by atoms with Crippen LogP contribution in [0.25, 0.3) is 0 Å². The number of rotatable bonds is 6. The summed E-state index contributed by atoms with van der Waals surface area (Å²) < 4.78 is 14.3. The van der Waals surface area contributed by atoms with E-state index in [1.165, 1.54) is 6.07 Å². The number of hydrazine groups is 1. The highest BCUT2D eigenvalue weighted by Crippen LogP contribution is 2.17. The van der Waals surface area contributed by atoms with Crippen LogP contribution in [0, 0.1) is 5.82 Å². The van der Waals surface area contributed by atoms with E-state index >= 15 is 0 Å². The summed E-state index contributed by atoms with van der Waals surface area (Å²) in [6, 6.07) is 5.25. The van der Waals surface area contributed by atoms with Crippen LogP contribution in [-0.4, -0.2) is 18.1 Å². The molecule has 0 aliphatic heterocycles. The molecule has 0 saturated heterocycles. The zero-order valence-electron chi connectivity index (χ0n) is 9.17. The number of halogens is 2. The summed E-state index contributed by atoms with van der Waals surface area (Å²) in [4.78, 5) is 0. The molecule has 0 aliphatic rings.